The molecule has 0 amide bonds. The molecular formula is C9H8ClN3O3. The summed E-state index contributed by atoms with van der Waals surface area (Å²) in [5, 5.41) is 9.39. The van der Waals surface area contributed by atoms with Crippen molar-refractivity contribution in [2.75, 3.05) is 0 Å². The van der Waals surface area contributed by atoms with Gasteiger partial charge in [-0.3, -0.25) is 9.48 Å². The highest BCUT2D eigenvalue weighted by Crippen LogP contribution is 2.17. The van der Waals surface area contributed by atoms with E-state index >= 15 is 0 Å². The van der Waals surface area contributed by atoms with Gasteiger partial charge in [0.15, 0.2) is 5.65 Å². The highest BCUT2D eigenvalue weighted by atomic mass is 35.5. The minimum Gasteiger partial charge on any atom is -0.463 e. The van der Waals surface area contributed by atoms with Gasteiger partial charge in [-0.25, -0.2) is 9.78 Å². The maximum absolute atomic E-state index is 11.8. The van der Waals surface area contributed by atoms with E-state index in [0.29, 0.717) is 10.2 Å². The fraction of sp³-hybridized carbons (Fsp3) is 0.222. The van der Waals surface area contributed by atoms with E-state index in [1.54, 1.807) is 6.92 Å². The number of rotatable bonds is 0. The minimum absolute atomic E-state index is 0.225. The van der Waals surface area contributed by atoms with Crippen molar-refractivity contribution >= 4 is 28.7 Å². The molecule has 2 aromatic rings. The number of hydrogen-bond donors (Lipinski definition) is 1. The SMILES string of the molecule is Cc1cc(Cl)nc2c1c(=O)n(C(=O)O)n2C. The van der Waals surface area contributed by atoms with E-state index in [0.717, 1.165) is 0 Å². The molecule has 0 bridgehead atoms. The molecule has 0 fully saturated rings. The lowest BCUT2D eigenvalue weighted by molar-refractivity contribution is 0.188. The van der Waals surface area contributed by atoms with Gasteiger partial charge in [0.1, 0.15) is 5.15 Å². The van der Waals surface area contributed by atoms with E-state index in [9.17, 15) is 9.59 Å². The minimum atomic E-state index is -1.35. The van der Waals surface area contributed by atoms with Crippen molar-refractivity contribution in [3.8, 4) is 0 Å². The van der Waals surface area contributed by atoms with Crippen molar-refractivity contribution in [1.29, 1.82) is 0 Å². The van der Waals surface area contributed by atoms with E-state index in [1.165, 1.54) is 17.8 Å². The average Bonchev–Trinajstić information content (AvgIpc) is 2.38. The molecule has 0 aromatic carbocycles. The molecule has 0 saturated heterocycles. The number of hydrogen-bond acceptors (Lipinski definition) is 3. The van der Waals surface area contributed by atoms with Crippen molar-refractivity contribution in [3.05, 3.63) is 27.1 Å². The van der Waals surface area contributed by atoms with Crippen LogP contribution in [0.3, 0.4) is 0 Å². The Kier molecular flexibility index (Phi) is 2.23. The summed E-state index contributed by atoms with van der Waals surface area (Å²) in [7, 11) is 1.45. The Morgan fingerprint density at radius 1 is 1.56 bits per heavy atom. The second kappa shape index (κ2) is 3.34. The zero-order chi connectivity index (χ0) is 12.0. The van der Waals surface area contributed by atoms with Crippen LogP contribution < -0.4 is 5.56 Å². The first-order valence-electron chi connectivity index (χ1n) is 4.41. The van der Waals surface area contributed by atoms with Gasteiger partial charge in [0.25, 0.3) is 5.56 Å². The van der Waals surface area contributed by atoms with Gasteiger partial charge in [-0.1, -0.05) is 11.6 Å². The summed E-state index contributed by atoms with van der Waals surface area (Å²) < 4.78 is 1.76. The summed E-state index contributed by atoms with van der Waals surface area (Å²) in [6.07, 6.45) is -1.35. The Labute approximate surface area is 94.7 Å². The van der Waals surface area contributed by atoms with Crippen LogP contribution in [-0.4, -0.2) is 25.5 Å². The van der Waals surface area contributed by atoms with Crippen molar-refractivity contribution in [1.82, 2.24) is 14.3 Å². The quantitative estimate of drug-likeness (QED) is 0.704. The summed E-state index contributed by atoms with van der Waals surface area (Å²) >= 11 is 5.75. The van der Waals surface area contributed by atoms with Crippen LogP contribution in [0.1, 0.15) is 5.56 Å². The Balaban J connectivity index is 3.06. The summed E-state index contributed by atoms with van der Waals surface area (Å²) in [6, 6.07) is 1.53. The smallest absolute Gasteiger partial charge is 0.434 e. The maximum atomic E-state index is 11.8. The third-order valence-electron chi connectivity index (χ3n) is 2.36. The third kappa shape index (κ3) is 1.30. The maximum Gasteiger partial charge on any atom is 0.434 e. The molecule has 2 heterocycles. The fourth-order valence-corrected chi connectivity index (χ4v) is 1.91. The number of aromatic nitrogens is 3. The largest absolute Gasteiger partial charge is 0.463 e. The molecule has 0 aliphatic rings. The Hall–Kier alpha value is -1.82. The number of nitrogens with zero attached hydrogens (tertiary/aromatic N) is 3. The van der Waals surface area contributed by atoms with Crippen LogP contribution in [0.15, 0.2) is 10.9 Å². The molecule has 84 valence electrons. The van der Waals surface area contributed by atoms with Gasteiger partial charge in [-0.15, -0.1) is 4.68 Å². The second-order valence-corrected chi connectivity index (χ2v) is 3.77. The number of fused-ring (bicyclic) bond motifs is 1. The fourth-order valence-electron chi connectivity index (χ4n) is 1.67. The number of halogens is 1. The van der Waals surface area contributed by atoms with Gasteiger partial charge in [0.05, 0.1) is 5.39 Å². The van der Waals surface area contributed by atoms with Gasteiger partial charge in [0.2, 0.25) is 0 Å². The average molecular weight is 242 g/mol. The molecule has 7 heteroatoms. The highest BCUT2D eigenvalue weighted by Gasteiger charge is 2.18. The van der Waals surface area contributed by atoms with E-state index < -0.39 is 11.7 Å². The van der Waals surface area contributed by atoms with Crippen molar-refractivity contribution in [3.63, 3.8) is 0 Å². The van der Waals surface area contributed by atoms with E-state index in [-0.39, 0.29) is 16.2 Å². The lowest BCUT2D eigenvalue weighted by Gasteiger charge is -2.00. The number of carboxylic acid groups (broad SMARTS) is 1. The zero-order valence-corrected chi connectivity index (χ0v) is 9.32. The molecule has 0 radical (unpaired) electrons. The molecule has 16 heavy (non-hydrogen) atoms. The molecule has 6 nitrogen and oxygen atoms in total. The normalized spacial score (nSPS) is 10.9. The molecule has 2 rings (SSSR count). The molecule has 0 aliphatic heterocycles. The first kappa shape index (κ1) is 10.7. The monoisotopic (exact) mass is 241 g/mol. The summed E-state index contributed by atoms with van der Waals surface area (Å²) in [6.45, 7) is 1.68. The molecule has 2 aromatic heterocycles. The molecule has 1 N–H and O–H groups in total. The Morgan fingerprint density at radius 3 is 2.75 bits per heavy atom. The first-order chi connectivity index (χ1) is 7.43. The number of aryl methyl sites for hydroxylation is 2. The van der Waals surface area contributed by atoms with E-state index in [4.69, 9.17) is 16.7 Å². The summed E-state index contributed by atoms with van der Waals surface area (Å²) in [5.41, 5.74) is 0.264. The van der Waals surface area contributed by atoms with E-state index in [1.807, 2.05) is 0 Å². The summed E-state index contributed by atoms with van der Waals surface area (Å²) in [4.78, 5) is 26.6. The number of carbonyl (C=O) groups is 1. The van der Waals surface area contributed by atoms with Gasteiger partial charge < -0.3 is 5.11 Å². The highest BCUT2D eigenvalue weighted by molar-refractivity contribution is 6.29. The molecule has 0 atom stereocenters. The lowest BCUT2D eigenvalue weighted by Crippen LogP contribution is -2.27. The predicted molar refractivity (Wildman–Crippen MR) is 58.1 cm³/mol. The van der Waals surface area contributed by atoms with Crippen LogP contribution in [0.5, 0.6) is 0 Å². The van der Waals surface area contributed by atoms with Gasteiger partial charge >= 0.3 is 6.09 Å². The standard InChI is InChI=1S/C9H8ClN3O3/c1-4-3-5(10)11-7-6(4)8(14)13(9(15)16)12(7)2/h3H,1-2H3,(H,15,16). The lowest BCUT2D eigenvalue weighted by atomic mass is 10.2. The van der Waals surface area contributed by atoms with Crippen LogP contribution in [-0.2, 0) is 7.05 Å². The summed E-state index contributed by atoms with van der Waals surface area (Å²) in [5.74, 6) is 0. The molecule has 0 saturated carbocycles. The Bertz CT molecular complexity index is 656. The zero-order valence-electron chi connectivity index (χ0n) is 8.56. The van der Waals surface area contributed by atoms with Gasteiger partial charge in [-0.05, 0) is 18.6 Å². The van der Waals surface area contributed by atoms with Crippen molar-refractivity contribution in [2.24, 2.45) is 7.05 Å². The van der Waals surface area contributed by atoms with Crippen molar-refractivity contribution < 1.29 is 9.90 Å². The Morgan fingerprint density at radius 2 is 2.19 bits per heavy atom. The van der Waals surface area contributed by atoms with Crippen LogP contribution in [0.4, 0.5) is 4.79 Å². The van der Waals surface area contributed by atoms with E-state index in [2.05, 4.69) is 4.98 Å². The molecule has 0 spiro atoms. The third-order valence-corrected chi connectivity index (χ3v) is 2.55. The van der Waals surface area contributed by atoms with Crippen LogP contribution in [0.2, 0.25) is 5.15 Å². The molecule has 0 unspecified atom stereocenters. The molecular weight excluding hydrogens is 234 g/mol. The van der Waals surface area contributed by atoms with Crippen LogP contribution in [0, 0.1) is 6.92 Å². The second-order valence-electron chi connectivity index (χ2n) is 3.38. The topological polar surface area (TPSA) is 77.1 Å². The molecule has 0 aliphatic carbocycles. The van der Waals surface area contributed by atoms with Crippen LogP contribution >= 0.6 is 11.6 Å². The van der Waals surface area contributed by atoms with Crippen LogP contribution in [0.25, 0.3) is 11.0 Å². The first-order valence-corrected chi connectivity index (χ1v) is 4.79. The number of pyridine rings is 1. The van der Waals surface area contributed by atoms with Crippen molar-refractivity contribution in [2.45, 2.75) is 6.92 Å². The van der Waals surface area contributed by atoms with Gasteiger partial charge in [-0.2, -0.15) is 0 Å². The van der Waals surface area contributed by atoms with Gasteiger partial charge in [0, 0.05) is 7.05 Å². The predicted octanol–water partition coefficient (Wildman–Crippen LogP) is 1.22.